The smallest absolute Gasteiger partial charge is 0.324 e. The average Bonchev–Trinajstić information content (AvgIpc) is 2.87. The minimum atomic E-state index is -0.990. The molecule has 1 saturated heterocycles. The van der Waals surface area contributed by atoms with Gasteiger partial charge in [0.1, 0.15) is 0 Å². The van der Waals surface area contributed by atoms with E-state index in [0.717, 1.165) is 11.3 Å². The van der Waals surface area contributed by atoms with E-state index >= 15 is 0 Å². The molecule has 1 fully saturated rings. The van der Waals surface area contributed by atoms with Gasteiger partial charge in [-0.25, -0.2) is 0 Å². The molecule has 1 aliphatic rings. The fourth-order valence-corrected chi connectivity index (χ4v) is 2.71. The molecule has 1 aliphatic heterocycles. The zero-order valence-electron chi connectivity index (χ0n) is 10.4. The molecule has 8 nitrogen and oxygen atoms in total. The molecule has 0 bridgehead atoms. The van der Waals surface area contributed by atoms with Crippen LogP contribution in [0.1, 0.15) is 16.1 Å². The van der Waals surface area contributed by atoms with E-state index in [1.165, 1.54) is 17.0 Å². The summed E-state index contributed by atoms with van der Waals surface area (Å²) in [6.07, 6.45) is -0.714. The number of rotatable bonds is 4. The summed E-state index contributed by atoms with van der Waals surface area (Å²) in [4.78, 5) is 34.6. The van der Waals surface area contributed by atoms with Crippen molar-refractivity contribution < 1.29 is 24.4 Å². The fraction of sp³-hybridized carbons (Fsp3) is 0.455. The number of nitro groups is 1. The first-order chi connectivity index (χ1) is 9.47. The van der Waals surface area contributed by atoms with Crippen molar-refractivity contribution in [3.63, 3.8) is 0 Å². The number of morpholine rings is 1. The largest absolute Gasteiger partial charge is 0.481 e. The molecule has 1 aromatic heterocycles. The highest BCUT2D eigenvalue weighted by Crippen LogP contribution is 2.25. The lowest BCUT2D eigenvalue weighted by atomic mass is 10.2. The SMILES string of the molecule is O=C(O)CC1CN(C(=O)c2ccc([N+](=O)[O-])s2)CCO1. The Bertz CT molecular complexity index is 543. The Morgan fingerprint density at radius 3 is 2.90 bits per heavy atom. The van der Waals surface area contributed by atoms with Crippen LogP contribution in [0.2, 0.25) is 0 Å². The second-order valence-electron chi connectivity index (χ2n) is 4.24. The number of carboxylic acid groups (broad SMARTS) is 1. The van der Waals surface area contributed by atoms with E-state index in [0.29, 0.717) is 6.54 Å². The van der Waals surface area contributed by atoms with E-state index < -0.39 is 17.0 Å². The first-order valence-corrected chi connectivity index (χ1v) is 6.66. The van der Waals surface area contributed by atoms with Crippen molar-refractivity contribution in [1.29, 1.82) is 0 Å². The average molecular weight is 300 g/mol. The third-order valence-corrected chi connectivity index (χ3v) is 3.84. The van der Waals surface area contributed by atoms with E-state index in [-0.39, 0.29) is 35.4 Å². The molecule has 108 valence electrons. The first-order valence-electron chi connectivity index (χ1n) is 5.84. The highest BCUT2D eigenvalue weighted by Gasteiger charge is 2.28. The lowest BCUT2D eigenvalue weighted by molar-refractivity contribution is -0.380. The molecule has 1 amide bonds. The monoisotopic (exact) mass is 300 g/mol. The van der Waals surface area contributed by atoms with Crippen molar-refractivity contribution in [2.24, 2.45) is 0 Å². The van der Waals surface area contributed by atoms with Crippen LogP contribution >= 0.6 is 11.3 Å². The molecule has 0 radical (unpaired) electrons. The van der Waals surface area contributed by atoms with Crippen LogP contribution in [-0.2, 0) is 9.53 Å². The third kappa shape index (κ3) is 3.31. The van der Waals surface area contributed by atoms with Gasteiger partial charge in [0.05, 0.1) is 28.9 Å². The van der Waals surface area contributed by atoms with Crippen molar-refractivity contribution in [2.75, 3.05) is 19.7 Å². The topological polar surface area (TPSA) is 110 Å². The van der Waals surface area contributed by atoms with Crippen molar-refractivity contribution in [3.05, 3.63) is 27.1 Å². The molecule has 20 heavy (non-hydrogen) atoms. The Morgan fingerprint density at radius 2 is 2.30 bits per heavy atom. The molecule has 0 aromatic carbocycles. The van der Waals surface area contributed by atoms with Gasteiger partial charge in [-0.05, 0) is 6.07 Å². The van der Waals surface area contributed by atoms with Crippen LogP contribution in [0.5, 0.6) is 0 Å². The van der Waals surface area contributed by atoms with Gasteiger partial charge in [0.25, 0.3) is 5.91 Å². The summed E-state index contributed by atoms with van der Waals surface area (Å²) in [5.41, 5.74) is 0. The van der Waals surface area contributed by atoms with E-state index in [4.69, 9.17) is 9.84 Å². The maximum atomic E-state index is 12.2. The van der Waals surface area contributed by atoms with Crippen LogP contribution in [0.15, 0.2) is 12.1 Å². The molecule has 0 aliphatic carbocycles. The molecule has 1 unspecified atom stereocenters. The van der Waals surface area contributed by atoms with Crippen LogP contribution < -0.4 is 0 Å². The van der Waals surface area contributed by atoms with Gasteiger partial charge in [0.15, 0.2) is 0 Å². The Balaban J connectivity index is 2.04. The zero-order chi connectivity index (χ0) is 14.7. The van der Waals surface area contributed by atoms with E-state index in [1.54, 1.807) is 0 Å². The molecular weight excluding hydrogens is 288 g/mol. The summed E-state index contributed by atoms with van der Waals surface area (Å²) < 4.78 is 5.27. The predicted octanol–water partition coefficient (Wildman–Crippen LogP) is 0.972. The van der Waals surface area contributed by atoms with E-state index in [9.17, 15) is 19.7 Å². The number of carbonyl (C=O) groups is 2. The highest BCUT2D eigenvalue weighted by molar-refractivity contribution is 7.17. The molecule has 9 heteroatoms. The van der Waals surface area contributed by atoms with Gasteiger partial charge in [-0.3, -0.25) is 19.7 Å². The van der Waals surface area contributed by atoms with Crippen LogP contribution in [0, 0.1) is 10.1 Å². The summed E-state index contributed by atoms with van der Waals surface area (Å²) in [6, 6.07) is 2.69. The normalized spacial score (nSPS) is 18.8. The third-order valence-electron chi connectivity index (χ3n) is 2.81. The van der Waals surface area contributed by atoms with Crippen LogP contribution in [0.4, 0.5) is 5.00 Å². The second kappa shape index (κ2) is 5.97. The van der Waals surface area contributed by atoms with Gasteiger partial charge in [0.2, 0.25) is 0 Å². The van der Waals surface area contributed by atoms with Crippen LogP contribution in [-0.4, -0.2) is 52.6 Å². The second-order valence-corrected chi connectivity index (χ2v) is 5.30. The number of amides is 1. The van der Waals surface area contributed by atoms with Gasteiger partial charge in [-0.2, -0.15) is 0 Å². The summed E-state index contributed by atoms with van der Waals surface area (Å²) in [7, 11) is 0. The van der Waals surface area contributed by atoms with Gasteiger partial charge in [-0.15, -0.1) is 0 Å². The Labute approximate surface area is 117 Å². The molecule has 0 saturated carbocycles. The lowest BCUT2D eigenvalue weighted by Crippen LogP contribution is -2.46. The fourth-order valence-electron chi connectivity index (χ4n) is 1.92. The summed E-state index contributed by atoms with van der Waals surface area (Å²) in [6.45, 7) is 0.786. The highest BCUT2D eigenvalue weighted by atomic mass is 32.1. The number of hydrogen-bond acceptors (Lipinski definition) is 6. The maximum absolute atomic E-state index is 12.2. The molecule has 1 N–H and O–H groups in total. The molecule has 1 aromatic rings. The quantitative estimate of drug-likeness (QED) is 0.655. The standard InChI is InChI=1S/C11H12N2O6S/c14-10(15)5-7-6-12(3-4-19-7)11(16)8-1-2-9(20-8)13(17)18/h1-2,7H,3-6H2,(H,14,15). The van der Waals surface area contributed by atoms with Gasteiger partial charge in [0, 0.05) is 19.2 Å². The number of aliphatic carboxylic acids is 1. The number of thiophene rings is 1. The predicted molar refractivity (Wildman–Crippen MR) is 68.9 cm³/mol. The number of carboxylic acids is 1. The van der Waals surface area contributed by atoms with E-state index in [1.807, 2.05) is 0 Å². The molecule has 1 atom stereocenters. The molecule has 0 spiro atoms. The molecule has 2 heterocycles. The Morgan fingerprint density at radius 1 is 1.55 bits per heavy atom. The van der Waals surface area contributed by atoms with Crippen molar-refractivity contribution in [2.45, 2.75) is 12.5 Å². The Hall–Kier alpha value is -2.00. The van der Waals surface area contributed by atoms with Gasteiger partial charge < -0.3 is 14.7 Å². The van der Waals surface area contributed by atoms with Crippen LogP contribution in [0.25, 0.3) is 0 Å². The molecular formula is C11H12N2O6S. The number of carbonyl (C=O) groups excluding carboxylic acids is 1. The van der Waals surface area contributed by atoms with E-state index in [2.05, 4.69) is 0 Å². The summed E-state index contributed by atoms with van der Waals surface area (Å²) in [5, 5.41) is 19.2. The minimum absolute atomic E-state index is 0.0938. The van der Waals surface area contributed by atoms with Gasteiger partial charge in [-0.1, -0.05) is 11.3 Å². The van der Waals surface area contributed by atoms with Crippen molar-refractivity contribution >= 4 is 28.2 Å². The summed E-state index contributed by atoms with van der Waals surface area (Å²) >= 11 is 0.810. The minimum Gasteiger partial charge on any atom is -0.481 e. The number of hydrogen-bond donors (Lipinski definition) is 1. The summed E-state index contributed by atoms with van der Waals surface area (Å²) in [5.74, 6) is -1.32. The van der Waals surface area contributed by atoms with Crippen molar-refractivity contribution in [1.82, 2.24) is 4.90 Å². The zero-order valence-corrected chi connectivity index (χ0v) is 11.2. The maximum Gasteiger partial charge on any atom is 0.324 e. The number of nitrogens with zero attached hydrogens (tertiary/aromatic N) is 2. The number of ether oxygens (including phenoxy) is 1. The van der Waals surface area contributed by atoms with Crippen molar-refractivity contribution in [3.8, 4) is 0 Å². The van der Waals surface area contributed by atoms with Gasteiger partial charge >= 0.3 is 11.0 Å². The lowest BCUT2D eigenvalue weighted by Gasteiger charge is -2.31. The van der Waals surface area contributed by atoms with Crippen LogP contribution in [0.3, 0.4) is 0 Å². The Kier molecular flexibility index (Phi) is 4.30. The molecule has 2 rings (SSSR count). The first kappa shape index (κ1) is 14.4.